The molecule has 1 unspecified atom stereocenters. The van der Waals surface area contributed by atoms with Crippen molar-refractivity contribution >= 4 is 29.3 Å². The molecule has 0 N–H and O–H groups in total. The van der Waals surface area contributed by atoms with Crippen LogP contribution in [0, 0.1) is 13.8 Å². The maximum atomic E-state index is 13.7. The minimum absolute atomic E-state index is 0.108. The first-order valence-electron chi connectivity index (χ1n) is 11.8. The van der Waals surface area contributed by atoms with Gasteiger partial charge < -0.3 is 14.2 Å². The molecule has 8 nitrogen and oxygen atoms in total. The molecule has 1 aromatic carbocycles. The van der Waals surface area contributed by atoms with Gasteiger partial charge in [-0.05, 0) is 58.7 Å². The Bertz CT molecular complexity index is 1230. The van der Waals surface area contributed by atoms with Crippen molar-refractivity contribution in [2.45, 2.75) is 71.1 Å². The average molecular weight is 464 g/mol. The van der Waals surface area contributed by atoms with Crippen LogP contribution in [0.3, 0.4) is 0 Å². The van der Waals surface area contributed by atoms with E-state index in [1.54, 1.807) is 38.1 Å². The van der Waals surface area contributed by atoms with Gasteiger partial charge in [0.1, 0.15) is 0 Å². The summed E-state index contributed by atoms with van der Waals surface area (Å²) in [7, 11) is 0. The summed E-state index contributed by atoms with van der Waals surface area (Å²) in [6.45, 7) is 7.05. The number of ketones is 1. The van der Waals surface area contributed by atoms with Crippen LogP contribution in [-0.2, 0) is 14.3 Å². The Labute approximate surface area is 198 Å². The third kappa shape index (κ3) is 3.11. The Kier molecular flexibility index (Phi) is 5.15. The van der Waals surface area contributed by atoms with Crippen LogP contribution in [0.2, 0.25) is 0 Å². The van der Waals surface area contributed by atoms with Gasteiger partial charge in [-0.25, -0.2) is 4.79 Å². The molecule has 2 aliphatic heterocycles. The zero-order valence-corrected chi connectivity index (χ0v) is 20.0. The lowest BCUT2D eigenvalue weighted by Gasteiger charge is -2.50. The number of Topliss-reactive ketones (excluding diaryl/α,β-unsaturated/α-hetero) is 1. The molecule has 0 spiro atoms. The minimum Gasteiger partial charge on any atom is -0.454 e. The van der Waals surface area contributed by atoms with Gasteiger partial charge in [0.25, 0.3) is 5.91 Å². The predicted molar refractivity (Wildman–Crippen MR) is 125 cm³/mol. The Balaban J connectivity index is 1.46. The fraction of sp³-hybridized carbons (Fsp3) is 0.462. The highest BCUT2D eigenvalue weighted by molar-refractivity contribution is 6.15. The summed E-state index contributed by atoms with van der Waals surface area (Å²) in [5.41, 5.74) is 1.62. The van der Waals surface area contributed by atoms with Gasteiger partial charge in [-0.3, -0.25) is 19.3 Å². The molecular formula is C26H29N3O5. The predicted octanol–water partition coefficient (Wildman–Crippen LogP) is 3.55. The summed E-state index contributed by atoms with van der Waals surface area (Å²) >= 11 is 0. The number of benzene rings is 1. The summed E-state index contributed by atoms with van der Waals surface area (Å²) in [5.74, 6) is -1.62. The van der Waals surface area contributed by atoms with E-state index in [0.717, 1.165) is 24.2 Å². The monoisotopic (exact) mass is 463 g/mol. The maximum absolute atomic E-state index is 13.7. The topological polar surface area (TPSA) is 88.9 Å². The Morgan fingerprint density at radius 2 is 1.85 bits per heavy atom. The lowest BCUT2D eigenvalue weighted by Crippen LogP contribution is -2.70. The highest BCUT2D eigenvalue weighted by atomic mass is 16.5. The van der Waals surface area contributed by atoms with Crippen molar-refractivity contribution in [3.63, 3.8) is 0 Å². The highest BCUT2D eigenvalue weighted by Crippen LogP contribution is 2.46. The van der Waals surface area contributed by atoms with Crippen LogP contribution in [0.4, 0.5) is 5.69 Å². The van der Waals surface area contributed by atoms with Gasteiger partial charge in [-0.15, -0.1) is 0 Å². The smallest absolute Gasteiger partial charge is 0.354 e. The fourth-order valence-corrected chi connectivity index (χ4v) is 5.65. The van der Waals surface area contributed by atoms with E-state index in [0.29, 0.717) is 22.9 Å². The Morgan fingerprint density at radius 3 is 2.53 bits per heavy atom. The van der Waals surface area contributed by atoms with Crippen molar-refractivity contribution < 1.29 is 23.9 Å². The summed E-state index contributed by atoms with van der Waals surface area (Å²) in [6.07, 6.45) is 2.43. The van der Waals surface area contributed by atoms with Crippen molar-refractivity contribution in [2.75, 3.05) is 11.5 Å². The van der Waals surface area contributed by atoms with Crippen molar-refractivity contribution in [1.82, 2.24) is 9.47 Å². The number of rotatable bonds is 6. The van der Waals surface area contributed by atoms with E-state index in [2.05, 4.69) is 4.57 Å². The number of ether oxygens (including phenoxy) is 1. The highest BCUT2D eigenvalue weighted by Gasteiger charge is 2.62. The minimum atomic E-state index is -1.60. The van der Waals surface area contributed by atoms with Gasteiger partial charge in [0.15, 0.2) is 6.61 Å². The molecule has 0 bridgehead atoms. The van der Waals surface area contributed by atoms with Crippen LogP contribution in [0.25, 0.3) is 0 Å². The van der Waals surface area contributed by atoms with Gasteiger partial charge in [-0.1, -0.05) is 12.1 Å². The number of carbonyl (C=O) groups excluding carboxylic acids is 4. The van der Waals surface area contributed by atoms with Crippen molar-refractivity contribution in [3.8, 4) is 0 Å². The second kappa shape index (κ2) is 7.82. The first-order valence-corrected chi connectivity index (χ1v) is 11.8. The molecule has 1 saturated heterocycles. The van der Waals surface area contributed by atoms with Crippen LogP contribution in [0.1, 0.15) is 77.7 Å². The van der Waals surface area contributed by atoms with E-state index in [-0.39, 0.29) is 36.5 Å². The summed E-state index contributed by atoms with van der Waals surface area (Å²) in [6, 6.07) is 8.72. The molecule has 1 aromatic heterocycles. The number of nitrogens with zero attached hydrogens (tertiary/aromatic N) is 3. The average Bonchev–Trinajstić information content (AvgIpc) is 3.50. The van der Waals surface area contributed by atoms with E-state index in [4.69, 9.17) is 4.74 Å². The summed E-state index contributed by atoms with van der Waals surface area (Å²) in [5, 5.41) is 0. The molecule has 34 heavy (non-hydrogen) atoms. The van der Waals surface area contributed by atoms with Gasteiger partial charge in [0.05, 0.1) is 11.3 Å². The lowest BCUT2D eigenvalue weighted by atomic mass is 9.95. The first-order chi connectivity index (χ1) is 16.2. The second-order valence-corrected chi connectivity index (χ2v) is 9.72. The van der Waals surface area contributed by atoms with Crippen molar-refractivity contribution in [3.05, 3.63) is 52.8 Å². The quantitative estimate of drug-likeness (QED) is 0.483. The third-order valence-electron chi connectivity index (χ3n) is 7.17. The largest absolute Gasteiger partial charge is 0.454 e. The third-order valence-corrected chi connectivity index (χ3v) is 7.17. The number of amides is 2. The molecule has 1 saturated carbocycles. The van der Waals surface area contributed by atoms with E-state index >= 15 is 0 Å². The van der Waals surface area contributed by atoms with E-state index in [1.807, 2.05) is 19.9 Å². The van der Waals surface area contributed by atoms with E-state index in [9.17, 15) is 19.2 Å². The molecule has 3 aliphatic rings. The first kappa shape index (κ1) is 22.4. The Hall–Kier alpha value is -3.42. The SMILES string of the molecule is Cc1cc(C(=O)COC(=O)C23CCC(=O)N2c2ccccc2C(=O)N3C(C)C)c(C)n1C1CC1. The van der Waals surface area contributed by atoms with Gasteiger partial charge in [0.2, 0.25) is 17.4 Å². The van der Waals surface area contributed by atoms with E-state index < -0.39 is 18.2 Å². The molecule has 5 rings (SSSR count). The molecule has 3 heterocycles. The number of fused-ring (bicyclic) bond motifs is 3. The van der Waals surface area contributed by atoms with E-state index in [1.165, 1.54) is 9.80 Å². The molecule has 2 amide bonds. The van der Waals surface area contributed by atoms with Crippen LogP contribution < -0.4 is 4.90 Å². The van der Waals surface area contributed by atoms with Crippen LogP contribution in [0.5, 0.6) is 0 Å². The number of esters is 1. The standard InChI is InChI=1S/C26H29N3O5/c1-15(2)28-24(32)19-7-5-6-8-21(19)29-23(31)11-12-26(28,29)25(33)34-14-22(30)20-13-16(3)27(17(20)4)18-9-10-18/h5-8,13,15,18H,9-12,14H2,1-4H3. The maximum Gasteiger partial charge on any atom is 0.354 e. The molecule has 2 fully saturated rings. The summed E-state index contributed by atoms with van der Waals surface area (Å²) < 4.78 is 7.76. The molecule has 1 atom stereocenters. The van der Waals surface area contributed by atoms with Crippen molar-refractivity contribution in [2.24, 2.45) is 0 Å². The zero-order valence-electron chi connectivity index (χ0n) is 20.0. The Morgan fingerprint density at radius 1 is 1.15 bits per heavy atom. The number of anilines is 1. The molecular weight excluding hydrogens is 434 g/mol. The normalized spacial score (nSPS) is 21.7. The fourth-order valence-electron chi connectivity index (χ4n) is 5.65. The number of carbonyl (C=O) groups is 4. The number of aromatic nitrogens is 1. The lowest BCUT2D eigenvalue weighted by molar-refractivity contribution is -0.157. The van der Waals surface area contributed by atoms with Crippen LogP contribution in [0.15, 0.2) is 30.3 Å². The molecule has 0 radical (unpaired) electrons. The number of para-hydroxylation sites is 1. The van der Waals surface area contributed by atoms with Gasteiger partial charge in [0, 0.05) is 41.9 Å². The number of hydrogen-bond donors (Lipinski definition) is 0. The molecule has 1 aliphatic carbocycles. The second-order valence-electron chi connectivity index (χ2n) is 9.72. The number of hydrogen-bond acceptors (Lipinski definition) is 5. The molecule has 8 heteroatoms. The molecule has 2 aromatic rings. The van der Waals surface area contributed by atoms with Crippen molar-refractivity contribution in [1.29, 1.82) is 0 Å². The summed E-state index contributed by atoms with van der Waals surface area (Å²) in [4.78, 5) is 56.0. The zero-order chi connectivity index (χ0) is 24.4. The van der Waals surface area contributed by atoms with Gasteiger partial charge >= 0.3 is 5.97 Å². The van der Waals surface area contributed by atoms with Crippen LogP contribution in [-0.4, -0.2) is 51.3 Å². The molecule has 178 valence electrons. The van der Waals surface area contributed by atoms with Crippen LogP contribution >= 0.6 is 0 Å². The van der Waals surface area contributed by atoms with Gasteiger partial charge in [-0.2, -0.15) is 0 Å². The number of aryl methyl sites for hydroxylation is 1.